The first-order valence-electron chi connectivity index (χ1n) is 7.02. The van der Waals surface area contributed by atoms with Crippen molar-refractivity contribution in [1.82, 2.24) is 4.98 Å². The van der Waals surface area contributed by atoms with E-state index in [1.165, 1.54) is 0 Å². The summed E-state index contributed by atoms with van der Waals surface area (Å²) in [6.07, 6.45) is 0. The normalized spacial score (nSPS) is 10.6. The monoisotopic (exact) mass is 311 g/mol. The molecule has 0 N–H and O–H groups in total. The standard InChI is InChI=1S/C18H14ClNO2/c1-2-22-18(21)15-11-13-5-3-4-6-16(13)20-17(15)12-7-9-14(19)10-8-12/h3-11H,2H2,1H3. The molecule has 3 aromatic rings. The molecule has 1 aromatic heterocycles. The number of aromatic nitrogens is 1. The molecule has 0 saturated carbocycles. The van der Waals surface area contributed by atoms with E-state index in [0.717, 1.165) is 16.5 Å². The van der Waals surface area contributed by atoms with Gasteiger partial charge in [0.05, 0.1) is 23.4 Å². The van der Waals surface area contributed by atoms with Crippen molar-refractivity contribution in [2.75, 3.05) is 6.61 Å². The van der Waals surface area contributed by atoms with Gasteiger partial charge in [-0.15, -0.1) is 0 Å². The molecular formula is C18H14ClNO2. The molecular weight excluding hydrogens is 298 g/mol. The van der Waals surface area contributed by atoms with E-state index in [-0.39, 0.29) is 5.97 Å². The molecule has 4 heteroatoms. The number of nitrogens with zero attached hydrogens (tertiary/aromatic N) is 1. The molecule has 2 aromatic carbocycles. The third-order valence-electron chi connectivity index (χ3n) is 3.34. The summed E-state index contributed by atoms with van der Waals surface area (Å²) >= 11 is 5.93. The fraction of sp³-hybridized carbons (Fsp3) is 0.111. The number of benzene rings is 2. The summed E-state index contributed by atoms with van der Waals surface area (Å²) in [6.45, 7) is 2.11. The Labute approximate surface area is 133 Å². The lowest BCUT2D eigenvalue weighted by Gasteiger charge is -2.10. The van der Waals surface area contributed by atoms with Crippen LogP contribution < -0.4 is 0 Å². The Balaban J connectivity index is 2.22. The van der Waals surface area contributed by atoms with Crippen LogP contribution in [0.3, 0.4) is 0 Å². The van der Waals surface area contributed by atoms with E-state index in [1.807, 2.05) is 42.5 Å². The van der Waals surface area contributed by atoms with Gasteiger partial charge in [0.15, 0.2) is 0 Å². The first-order valence-corrected chi connectivity index (χ1v) is 7.39. The minimum absolute atomic E-state index is 0.325. The molecule has 0 fully saturated rings. The Morgan fingerprint density at radius 2 is 1.86 bits per heavy atom. The van der Waals surface area contributed by atoms with Gasteiger partial charge in [-0.3, -0.25) is 0 Å². The second kappa shape index (κ2) is 6.16. The van der Waals surface area contributed by atoms with Crippen LogP contribution in [-0.2, 0) is 4.74 Å². The minimum atomic E-state index is -0.370. The van der Waals surface area contributed by atoms with Gasteiger partial charge in [-0.05, 0) is 31.2 Å². The molecule has 3 nitrogen and oxygen atoms in total. The zero-order chi connectivity index (χ0) is 15.5. The average molecular weight is 312 g/mol. The van der Waals surface area contributed by atoms with Gasteiger partial charge in [-0.1, -0.05) is 41.9 Å². The molecule has 110 valence electrons. The maximum absolute atomic E-state index is 12.3. The topological polar surface area (TPSA) is 39.2 Å². The quantitative estimate of drug-likeness (QED) is 0.656. The number of fused-ring (bicyclic) bond motifs is 1. The molecule has 3 rings (SSSR count). The largest absolute Gasteiger partial charge is 0.462 e. The molecule has 0 spiro atoms. The number of esters is 1. The highest BCUT2D eigenvalue weighted by atomic mass is 35.5. The summed E-state index contributed by atoms with van der Waals surface area (Å²) < 4.78 is 5.16. The zero-order valence-electron chi connectivity index (χ0n) is 12.0. The van der Waals surface area contributed by atoms with Crippen LogP contribution in [0.1, 0.15) is 17.3 Å². The molecule has 0 radical (unpaired) electrons. The summed E-state index contributed by atoms with van der Waals surface area (Å²) in [5, 5.41) is 1.55. The predicted octanol–water partition coefficient (Wildman–Crippen LogP) is 4.73. The number of pyridine rings is 1. The second-order valence-electron chi connectivity index (χ2n) is 4.80. The summed E-state index contributed by atoms with van der Waals surface area (Å²) in [7, 11) is 0. The molecule has 0 aliphatic carbocycles. The van der Waals surface area contributed by atoms with Crippen molar-refractivity contribution >= 4 is 28.5 Å². The Bertz CT molecular complexity index is 828. The number of carbonyl (C=O) groups excluding carboxylic acids is 1. The van der Waals surface area contributed by atoms with Crippen molar-refractivity contribution < 1.29 is 9.53 Å². The lowest BCUT2D eigenvalue weighted by molar-refractivity contribution is 0.0527. The van der Waals surface area contributed by atoms with Crippen molar-refractivity contribution in [3.63, 3.8) is 0 Å². The maximum atomic E-state index is 12.3. The lowest BCUT2D eigenvalue weighted by Crippen LogP contribution is -2.08. The molecule has 0 bridgehead atoms. The highest BCUT2D eigenvalue weighted by Crippen LogP contribution is 2.27. The molecule has 1 heterocycles. The first-order chi connectivity index (χ1) is 10.7. The second-order valence-corrected chi connectivity index (χ2v) is 5.24. The zero-order valence-corrected chi connectivity index (χ0v) is 12.8. The summed E-state index contributed by atoms with van der Waals surface area (Å²) in [5.74, 6) is -0.370. The van der Waals surface area contributed by atoms with Crippen molar-refractivity contribution in [3.8, 4) is 11.3 Å². The van der Waals surface area contributed by atoms with Crippen LogP contribution in [0.25, 0.3) is 22.2 Å². The van der Waals surface area contributed by atoms with Gasteiger partial charge < -0.3 is 4.74 Å². The van der Waals surface area contributed by atoms with Crippen LogP contribution >= 0.6 is 11.6 Å². The van der Waals surface area contributed by atoms with Gasteiger partial charge in [0.1, 0.15) is 0 Å². The molecule has 0 unspecified atom stereocenters. The average Bonchev–Trinajstić information content (AvgIpc) is 2.54. The highest BCUT2D eigenvalue weighted by Gasteiger charge is 2.16. The third-order valence-corrected chi connectivity index (χ3v) is 3.59. The van der Waals surface area contributed by atoms with E-state index < -0.39 is 0 Å². The van der Waals surface area contributed by atoms with Gasteiger partial charge >= 0.3 is 5.97 Å². The predicted molar refractivity (Wildman–Crippen MR) is 88.1 cm³/mol. The van der Waals surface area contributed by atoms with Crippen molar-refractivity contribution in [2.24, 2.45) is 0 Å². The highest BCUT2D eigenvalue weighted by molar-refractivity contribution is 6.30. The van der Waals surface area contributed by atoms with Gasteiger partial charge in [-0.2, -0.15) is 0 Å². The summed E-state index contributed by atoms with van der Waals surface area (Å²) in [4.78, 5) is 16.9. The van der Waals surface area contributed by atoms with Gasteiger partial charge in [0, 0.05) is 16.0 Å². The van der Waals surface area contributed by atoms with E-state index in [2.05, 4.69) is 4.98 Å². The van der Waals surface area contributed by atoms with Crippen molar-refractivity contribution in [2.45, 2.75) is 6.92 Å². The number of halogens is 1. The van der Waals surface area contributed by atoms with Crippen LogP contribution in [0.15, 0.2) is 54.6 Å². The number of ether oxygens (including phenoxy) is 1. The molecule has 0 atom stereocenters. The smallest absolute Gasteiger partial charge is 0.340 e. The molecule has 0 amide bonds. The van der Waals surface area contributed by atoms with E-state index in [0.29, 0.717) is 22.9 Å². The van der Waals surface area contributed by atoms with Crippen molar-refractivity contribution in [1.29, 1.82) is 0 Å². The van der Waals surface area contributed by atoms with Crippen LogP contribution in [0.4, 0.5) is 0 Å². The number of hydrogen-bond donors (Lipinski definition) is 0. The van der Waals surface area contributed by atoms with Crippen LogP contribution in [0, 0.1) is 0 Å². The Kier molecular flexibility index (Phi) is 4.07. The lowest BCUT2D eigenvalue weighted by atomic mass is 10.0. The van der Waals surface area contributed by atoms with Gasteiger partial charge in [-0.25, -0.2) is 9.78 Å². The third kappa shape index (κ3) is 2.81. The Morgan fingerprint density at radius 3 is 2.59 bits per heavy atom. The van der Waals surface area contributed by atoms with E-state index in [4.69, 9.17) is 16.3 Å². The Hall–Kier alpha value is -2.39. The maximum Gasteiger partial charge on any atom is 0.340 e. The number of rotatable bonds is 3. The molecule has 0 saturated heterocycles. The SMILES string of the molecule is CCOC(=O)c1cc2ccccc2nc1-c1ccc(Cl)cc1. The van der Waals surface area contributed by atoms with Crippen LogP contribution in [0.2, 0.25) is 5.02 Å². The summed E-state index contributed by atoms with van der Waals surface area (Å²) in [5.41, 5.74) is 2.73. The van der Waals surface area contributed by atoms with E-state index >= 15 is 0 Å². The fourth-order valence-electron chi connectivity index (χ4n) is 2.31. The van der Waals surface area contributed by atoms with Gasteiger partial charge in [0.2, 0.25) is 0 Å². The number of hydrogen-bond acceptors (Lipinski definition) is 3. The van der Waals surface area contributed by atoms with Crippen LogP contribution in [-0.4, -0.2) is 17.6 Å². The number of carbonyl (C=O) groups is 1. The van der Waals surface area contributed by atoms with E-state index in [1.54, 1.807) is 19.1 Å². The summed E-state index contributed by atoms with van der Waals surface area (Å²) in [6, 6.07) is 16.8. The Morgan fingerprint density at radius 1 is 1.14 bits per heavy atom. The molecule has 0 aliphatic heterocycles. The molecule has 22 heavy (non-hydrogen) atoms. The number of para-hydroxylation sites is 1. The minimum Gasteiger partial charge on any atom is -0.462 e. The van der Waals surface area contributed by atoms with Gasteiger partial charge in [0.25, 0.3) is 0 Å². The van der Waals surface area contributed by atoms with Crippen LogP contribution in [0.5, 0.6) is 0 Å². The van der Waals surface area contributed by atoms with E-state index in [9.17, 15) is 4.79 Å². The van der Waals surface area contributed by atoms with Crippen molar-refractivity contribution in [3.05, 3.63) is 65.2 Å². The first kappa shape index (κ1) is 14.5. The fourth-order valence-corrected chi connectivity index (χ4v) is 2.43. The molecule has 0 aliphatic rings.